The molecule has 0 radical (unpaired) electrons. The minimum atomic E-state index is -5.19. The van der Waals surface area contributed by atoms with Crippen molar-refractivity contribution in [3.8, 4) is 11.5 Å². The Morgan fingerprint density at radius 1 is 1.00 bits per heavy atom. The number of benzene rings is 1. The molecule has 61 heavy (non-hydrogen) atoms. The molecule has 3 atom stereocenters. The van der Waals surface area contributed by atoms with Gasteiger partial charge in [0.2, 0.25) is 0 Å². The Balaban J connectivity index is 0.000000504. The number of oxime groups is 1. The number of allylic oxidation sites excluding steroid dienone is 1. The highest BCUT2D eigenvalue weighted by atomic mass is 32.2. The zero-order chi connectivity index (χ0) is 45.8. The number of anilines is 2. The Labute approximate surface area is 345 Å². The van der Waals surface area contributed by atoms with Gasteiger partial charge in [-0.2, -0.15) is 30.9 Å². The largest absolute Gasteiger partial charge is 0.542 e. The van der Waals surface area contributed by atoms with E-state index in [1.54, 1.807) is 17.0 Å². The monoisotopic (exact) mass is 926 g/mol. The number of carbonyl (C=O) groups is 6. The molecule has 21 nitrogen and oxygen atoms in total. The Morgan fingerprint density at radius 2 is 1.64 bits per heavy atom. The molecule has 4 aromatic rings. The first kappa shape index (κ1) is 46.7. The Kier molecular flexibility index (Phi) is 13.9. The number of fused-ring (bicyclic) bond motifs is 2. The number of thiazole rings is 2. The molecule has 3 unspecified atom stereocenters. The number of phenols is 2. The number of rotatable bonds is 10. The summed E-state index contributed by atoms with van der Waals surface area (Å²) in [5, 5.41) is 63.6. The minimum Gasteiger partial charge on any atom is -0.542 e. The Hall–Kier alpha value is -6.95. The number of nitrogen functional groups attached to an aromatic ring is 2. The van der Waals surface area contributed by atoms with Gasteiger partial charge in [0.05, 0.1) is 15.6 Å². The van der Waals surface area contributed by atoms with Gasteiger partial charge in [0.15, 0.2) is 40.7 Å². The van der Waals surface area contributed by atoms with E-state index in [1.165, 1.54) is 28.5 Å². The first-order valence-electron chi connectivity index (χ1n) is 15.8. The van der Waals surface area contributed by atoms with E-state index < -0.39 is 77.2 Å². The van der Waals surface area contributed by atoms with Crippen LogP contribution in [0.15, 0.2) is 57.8 Å². The van der Waals surface area contributed by atoms with Crippen LogP contribution in [0.3, 0.4) is 0 Å². The van der Waals surface area contributed by atoms with Crippen LogP contribution in [0.25, 0.3) is 10.2 Å². The Bertz CT molecular complexity index is 2440. The fraction of sp³-hybridized carbons (Fsp3) is 0.226. The molecule has 2 aliphatic rings. The average molecular weight is 927 g/mol. The predicted octanol–water partition coefficient (Wildman–Crippen LogP) is 0.317. The lowest BCUT2D eigenvalue weighted by Gasteiger charge is -2.49. The second-order valence-electron chi connectivity index (χ2n) is 11.7. The molecule has 10 N–H and O–H groups in total. The lowest BCUT2D eigenvalue weighted by atomic mass is 9.90. The highest BCUT2D eigenvalue weighted by Gasteiger charge is 2.54. The van der Waals surface area contributed by atoms with Crippen LogP contribution in [-0.2, 0) is 45.8 Å². The average Bonchev–Trinajstić information content (AvgIpc) is 3.77. The summed E-state index contributed by atoms with van der Waals surface area (Å²) < 4.78 is 65.9. The number of aromatic hydroxyl groups is 2. The van der Waals surface area contributed by atoms with E-state index in [-0.39, 0.29) is 34.4 Å². The number of nitrogens with one attached hydrogen (secondary N) is 1. The number of carboxylic acids is 4. The fourth-order valence-electron chi connectivity index (χ4n) is 5.14. The van der Waals surface area contributed by atoms with Crippen molar-refractivity contribution >= 4 is 96.8 Å². The number of hydrogen-bond acceptors (Lipinski definition) is 18. The molecule has 0 saturated carbocycles. The van der Waals surface area contributed by atoms with Crippen molar-refractivity contribution in [1.82, 2.24) is 20.2 Å². The topological polar surface area (TPSA) is 345 Å². The number of carbonyl (C=O) groups excluding carboxylic acids is 3. The van der Waals surface area contributed by atoms with Crippen LogP contribution in [0.2, 0.25) is 0 Å². The van der Waals surface area contributed by atoms with Gasteiger partial charge in [0, 0.05) is 22.8 Å². The number of halogens is 6. The minimum absolute atomic E-state index is 0.000366. The van der Waals surface area contributed by atoms with E-state index in [2.05, 4.69) is 20.4 Å². The lowest BCUT2D eigenvalue weighted by Crippen LogP contribution is -2.72. The lowest BCUT2D eigenvalue weighted by molar-refractivity contribution is -0.686. The summed E-state index contributed by atoms with van der Waals surface area (Å²) in [6.07, 6.45) is -6.18. The molecule has 0 aliphatic carbocycles. The normalized spacial score (nSPS) is 17.1. The zero-order valence-corrected chi connectivity index (χ0v) is 32.0. The highest BCUT2D eigenvalue weighted by molar-refractivity contribution is 8.03. The summed E-state index contributed by atoms with van der Waals surface area (Å²) in [6.45, 7) is 0.159. The van der Waals surface area contributed by atoms with Gasteiger partial charge in [0.1, 0.15) is 35.1 Å². The maximum Gasteiger partial charge on any atom is 0.490 e. The maximum absolute atomic E-state index is 13.1. The summed E-state index contributed by atoms with van der Waals surface area (Å²) >= 11 is 3.46. The van der Waals surface area contributed by atoms with E-state index in [4.69, 9.17) is 36.1 Å². The molecule has 326 valence electrons. The van der Waals surface area contributed by atoms with Crippen LogP contribution >= 0.6 is 34.4 Å². The van der Waals surface area contributed by atoms with Gasteiger partial charge in [-0.3, -0.25) is 14.5 Å². The standard InChI is InChI=1S/C27H22N8O9S3.2C2HF3O2/c28-25-32-18(10-46-25)27(24(42)43,11-1-2-14(36)15(37)5-11)44-30-6-19(38)33-20-13-9-45-17(21(23(40)41)35(13)22(20)39)8-34-4-3-16-12(7-34)31-26(29)47-16;2*3-2(4,5)1(6)7/h1-7,10,13,20H,8-9H2,(H8-,28,29,30,31,32,33,36,37,38,40,41,42,43);2*(H,6,7). The second-order valence-corrected chi connectivity index (χ2v) is 14.8. The van der Waals surface area contributed by atoms with Crippen LogP contribution in [0, 0.1) is 0 Å². The second kappa shape index (κ2) is 18.1. The van der Waals surface area contributed by atoms with Gasteiger partial charge in [-0.15, -0.1) is 23.1 Å². The summed E-state index contributed by atoms with van der Waals surface area (Å²) in [7, 11) is 0. The van der Waals surface area contributed by atoms with E-state index >= 15 is 0 Å². The number of carboxylic acid groups (broad SMARTS) is 4. The van der Waals surface area contributed by atoms with Crippen molar-refractivity contribution in [2.45, 2.75) is 36.6 Å². The molecular formula is C31H24F6N8O13S3. The molecular weight excluding hydrogens is 903 g/mol. The number of nitrogens with two attached hydrogens (primary N) is 2. The van der Waals surface area contributed by atoms with E-state index in [9.17, 15) is 65.9 Å². The van der Waals surface area contributed by atoms with Crippen molar-refractivity contribution < 1.29 is 95.2 Å². The van der Waals surface area contributed by atoms with Crippen molar-refractivity contribution in [1.29, 1.82) is 0 Å². The van der Waals surface area contributed by atoms with Gasteiger partial charge in [-0.1, -0.05) is 16.5 Å². The Morgan fingerprint density at radius 3 is 2.16 bits per heavy atom. The van der Waals surface area contributed by atoms with Gasteiger partial charge >= 0.3 is 35.9 Å². The van der Waals surface area contributed by atoms with Gasteiger partial charge < -0.3 is 57.1 Å². The zero-order valence-electron chi connectivity index (χ0n) is 29.6. The van der Waals surface area contributed by atoms with Crippen LogP contribution in [0.5, 0.6) is 11.5 Å². The molecule has 0 bridgehead atoms. The van der Waals surface area contributed by atoms with Crippen LogP contribution in [-0.4, -0.2) is 112 Å². The fourth-order valence-corrected chi connectivity index (χ4v) is 7.72. The number of pyridine rings is 1. The molecule has 1 fully saturated rings. The molecule has 2 amide bonds. The first-order valence-corrected chi connectivity index (χ1v) is 18.5. The van der Waals surface area contributed by atoms with Crippen molar-refractivity contribution in [2.24, 2.45) is 5.16 Å². The van der Waals surface area contributed by atoms with Gasteiger partial charge in [0.25, 0.3) is 11.8 Å². The number of amides is 2. The molecule has 1 aromatic carbocycles. The number of β-lactam (4-membered cyclic amide) rings is 1. The summed E-state index contributed by atoms with van der Waals surface area (Å²) in [5.41, 5.74) is 9.01. The molecule has 30 heteroatoms. The summed E-state index contributed by atoms with van der Waals surface area (Å²) in [6, 6.07) is 3.18. The first-order chi connectivity index (χ1) is 28.3. The molecule has 1 saturated heterocycles. The molecule has 2 aliphatic heterocycles. The molecule has 0 spiro atoms. The van der Waals surface area contributed by atoms with Crippen LogP contribution in [0.4, 0.5) is 36.6 Å². The third kappa shape index (κ3) is 10.6. The molecule has 5 heterocycles. The number of alkyl halides is 6. The third-order valence-electron chi connectivity index (χ3n) is 7.78. The molecule has 6 rings (SSSR count). The van der Waals surface area contributed by atoms with Crippen LogP contribution in [0.1, 0.15) is 11.3 Å². The SMILES string of the molecule is Nc1nc(C(ON=CC(=O)NC2C(=O)N3C(C(=O)O)=C(C[n+]4ccc5sc(N)nc5c4)SCC23)(C(=O)O)c2ccc(O)c(O)c2)cs1.O=C(O)C(F)(F)F.O=C([O-])C(F)(F)F. The van der Waals surface area contributed by atoms with Crippen molar-refractivity contribution in [2.75, 3.05) is 17.2 Å². The number of aliphatic carboxylic acids is 4. The number of hydrogen-bond donors (Lipinski definition) is 8. The van der Waals surface area contributed by atoms with E-state index in [0.29, 0.717) is 21.8 Å². The number of aromatic nitrogens is 3. The highest BCUT2D eigenvalue weighted by Crippen LogP contribution is 2.41. The summed E-state index contributed by atoms with van der Waals surface area (Å²) in [4.78, 5) is 83.7. The third-order valence-corrected chi connectivity index (χ3v) is 10.5. The van der Waals surface area contributed by atoms with E-state index in [0.717, 1.165) is 39.1 Å². The summed E-state index contributed by atoms with van der Waals surface area (Å²) in [5.74, 6) is -11.2. The number of nitrogens with zero attached hydrogens (tertiary/aromatic N) is 5. The van der Waals surface area contributed by atoms with Gasteiger partial charge in [-0.05, 0) is 18.2 Å². The number of thioether (sulfide) groups is 1. The maximum atomic E-state index is 13.1. The quantitative estimate of drug-likeness (QED) is 0.0265. The van der Waals surface area contributed by atoms with Crippen LogP contribution < -0.4 is 26.5 Å². The number of phenolic OH excluding ortho intramolecular Hbond substituents is 2. The predicted molar refractivity (Wildman–Crippen MR) is 193 cm³/mol. The van der Waals surface area contributed by atoms with Crippen molar-refractivity contribution in [3.63, 3.8) is 0 Å². The van der Waals surface area contributed by atoms with E-state index in [1.807, 2.05) is 6.07 Å². The smallest absolute Gasteiger partial charge is 0.490 e. The van der Waals surface area contributed by atoms with Crippen molar-refractivity contribution in [3.05, 3.63) is 63.9 Å². The molecule has 3 aromatic heterocycles. The van der Waals surface area contributed by atoms with Gasteiger partial charge in [-0.25, -0.2) is 24.4 Å².